The average Bonchev–Trinajstić information content (AvgIpc) is 3.15. The number of likely N-dealkylation sites (tertiary alicyclic amines) is 1. The lowest BCUT2D eigenvalue weighted by atomic mass is 10.1. The molecule has 0 radical (unpaired) electrons. The first kappa shape index (κ1) is 16.9. The Bertz CT molecular complexity index is 791. The van der Waals surface area contributed by atoms with E-state index < -0.39 is 0 Å². The molecule has 2 aromatic heterocycles. The van der Waals surface area contributed by atoms with E-state index in [1.807, 2.05) is 31.7 Å². The Balaban J connectivity index is 1.67. The van der Waals surface area contributed by atoms with E-state index in [1.165, 1.54) is 11.3 Å². The Morgan fingerprint density at radius 2 is 1.96 bits per heavy atom. The molecule has 0 bridgehead atoms. The van der Waals surface area contributed by atoms with Crippen LogP contribution in [0.3, 0.4) is 0 Å². The van der Waals surface area contributed by atoms with Gasteiger partial charge in [0.2, 0.25) is 5.91 Å². The molecule has 0 aliphatic carbocycles. The van der Waals surface area contributed by atoms with Gasteiger partial charge < -0.3 is 10.2 Å². The number of amides is 2. The van der Waals surface area contributed by atoms with Gasteiger partial charge in [-0.15, -0.1) is 11.3 Å². The van der Waals surface area contributed by atoms with Crippen molar-refractivity contribution in [3.63, 3.8) is 0 Å². The summed E-state index contributed by atoms with van der Waals surface area (Å²) < 4.78 is 0. The number of carbonyl (C=O) groups is 2. The van der Waals surface area contributed by atoms with Crippen LogP contribution < -0.4 is 5.32 Å². The van der Waals surface area contributed by atoms with Crippen molar-refractivity contribution in [2.75, 3.05) is 19.6 Å². The fraction of sp³-hybridized carbons (Fsp3) is 0.500. The van der Waals surface area contributed by atoms with E-state index in [0.29, 0.717) is 17.8 Å². The number of hydrogen-bond donors (Lipinski definition) is 1. The zero-order valence-electron chi connectivity index (χ0n) is 14.4. The predicted molar refractivity (Wildman–Crippen MR) is 96.6 cm³/mol. The van der Waals surface area contributed by atoms with Crippen molar-refractivity contribution in [1.82, 2.24) is 15.2 Å². The van der Waals surface area contributed by atoms with E-state index in [1.54, 1.807) is 0 Å². The summed E-state index contributed by atoms with van der Waals surface area (Å²) in [6, 6.07) is 2.04. The molecule has 0 saturated carbocycles. The molecule has 1 N–H and O–H groups in total. The highest BCUT2D eigenvalue weighted by Gasteiger charge is 2.20. The summed E-state index contributed by atoms with van der Waals surface area (Å²) in [5, 5.41) is 3.96. The maximum absolute atomic E-state index is 12.5. The first-order valence-electron chi connectivity index (χ1n) is 8.40. The van der Waals surface area contributed by atoms with E-state index in [-0.39, 0.29) is 11.8 Å². The van der Waals surface area contributed by atoms with Gasteiger partial charge in [0, 0.05) is 37.1 Å². The third-order valence-electron chi connectivity index (χ3n) is 4.52. The van der Waals surface area contributed by atoms with Gasteiger partial charge in [0.25, 0.3) is 5.91 Å². The number of nitrogens with one attached hydrogen (secondary N) is 1. The largest absolute Gasteiger partial charge is 0.351 e. The maximum atomic E-state index is 12.5. The third kappa shape index (κ3) is 3.29. The molecule has 0 spiro atoms. The first-order chi connectivity index (χ1) is 11.5. The number of carbonyl (C=O) groups excluding carboxylic acids is 2. The summed E-state index contributed by atoms with van der Waals surface area (Å²) in [4.78, 5) is 32.5. The molecule has 24 heavy (non-hydrogen) atoms. The number of aromatic nitrogens is 1. The molecule has 128 valence electrons. The molecular formula is C18H23N3O2S. The topological polar surface area (TPSA) is 62.3 Å². The van der Waals surface area contributed by atoms with Gasteiger partial charge in [-0.3, -0.25) is 9.59 Å². The predicted octanol–water partition coefficient (Wildman–Crippen LogP) is 2.96. The first-order valence-corrected chi connectivity index (χ1v) is 9.22. The van der Waals surface area contributed by atoms with Gasteiger partial charge >= 0.3 is 0 Å². The number of aryl methyl sites for hydroxylation is 3. The van der Waals surface area contributed by atoms with E-state index in [2.05, 4.69) is 10.3 Å². The number of fused-ring (bicyclic) bond motifs is 1. The maximum Gasteiger partial charge on any atom is 0.261 e. The van der Waals surface area contributed by atoms with Crippen LogP contribution in [0, 0.1) is 20.8 Å². The van der Waals surface area contributed by atoms with Gasteiger partial charge in [-0.05, 0) is 50.8 Å². The van der Waals surface area contributed by atoms with Crippen molar-refractivity contribution in [2.24, 2.45) is 0 Å². The van der Waals surface area contributed by atoms with Crippen LogP contribution in [0.25, 0.3) is 10.2 Å². The molecule has 0 atom stereocenters. The summed E-state index contributed by atoms with van der Waals surface area (Å²) in [5.74, 6) is 0.0239. The summed E-state index contributed by atoms with van der Waals surface area (Å²) in [7, 11) is 0. The van der Waals surface area contributed by atoms with Crippen LogP contribution in [0.1, 0.15) is 45.8 Å². The monoisotopic (exact) mass is 345 g/mol. The van der Waals surface area contributed by atoms with Crippen molar-refractivity contribution < 1.29 is 9.59 Å². The highest BCUT2D eigenvalue weighted by atomic mass is 32.1. The molecule has 1 aliphatic rings. The van der Waals surface area contributed by atoms with Gasteiger partial charge in [-0.25, -0.2) is 4.98 Å². The fourth-order valence-corrected chi connectivity index (χ4v) is 4.54. The third-order valence-corrected chi connectivity index (χ3v) is 5.70. The molecule has 0 unspecified atom stereocenters. The molecule has 1 saturated heterocycles. The van der Waals surface area contributed by atoms with Crippen LogP contribution in [0.4, 0.5) is 0 Å². The van der Waals surface area contributed by atoms with Gasteiger partial charge in [0.1, 0.15) is 4.83 Å². The van der Waals surface area contributed by atoms with Gasteiger partial charge in [-0.2, -0.15) is 0 Å². The highest BCUT2D eigenvalue weighted by Crippen LogP contribution is 2.32. The second kappa shape index (κ2) is 6.89. The number of rotatable bonds is 4. The lowest BCUT2D eigenvalue weighted by Crippen LogP contribution is -2.32. The van der Waals surface area contributed by atoms with Gasteiger partial charge in [0.05, 0.1) is 4.88 Å². The molecule has 5 nitrogen and oxygen atoms in total. The summed E-state index contributed by atoms with van der Waals surface area (Å²) in [6.45, 7) is 8.07. The lowest BCUT2D eigenvalue weighted by molar-refractivity contribution is -0.129. The van der Waals surface area contributed by atoms with Crippen LogP contribution in [0.15, 0.2) is 6.07 Å². The molecule has 0 aromatic carbocycles. The Hall–Kier alpha value is -1.95. The summed E-state index contributed by atoms with van der Waals surface area (Å²) >= 11 is 1.43. The molecule has 1 fully saturated rings. The van der Waals surface area contributed by atoms with Crippen molar-refractivity contribution in [3.8, 4) is 0 Å². The minimum Gasteiger partial charge on any atom is -0.351 e. The zero-order valence-corrected chi connectivity index (χ0v) is 15.3. The van der Waals surface area contributed by atoms with E-state index in [0.717, 1.165) is 53.0 Å². The van der Waals surface area contributed by atoms with E-state index in [9.17, 15) is 9.59 Å². The minimum atomic E-state index is -0.109. The second-order valence-electron chi connectivity index (χ2n) is 6.41. The SMILES string of the molecule is Cc1cc(C)c2c(C)c(C(=O)NCCC(=O)N3CCCC3)sc2n1. The van der Waals surface area contributed by atoms with Crippen LogP contribution in [-0.2, 0) is 4.79 Å². The van der Waals surface area contributed by atoms with Crippen molar-refractivity contribution in [2.45, 2.75) is 40.0 Å². The van der Waals surface area contributed by atoms with Crippen LogP contribution >= 0.6 is 11.3 Å². The van der Waals surface area contributed by atoms with E-state index in [4.69, 9.17) is 0 Å². The number of thiophene rings is 1. The van der Waals surface area contributed by atoms with Gasteiger partial charge in [-0.1, -0.05) is 0 Å². The molecule has 2 aromatic rings. The lowest BCUT2D eigenvalue weighted by Gasteiger charge is -2.15. The highest BCUT2D eigenvalue weighted by molar-refractivity contribution is 7.20. The molecule has 3 heterocycles. The molecular weight excluding hydrogens is 322 g/mol. The number of nitrogens with zero attached hydrogens (tertiary/aromatic N) is 2. The zero-order chi connectivity index (χ0) is 17.3. The standard InChI is InChI=1S/C18H23N3O2S/c1-11-10-12(2)20-18-15(11)13(3)16(24-18)17(23)19-7-6-14(22)21-8-4-5-9-21/h10H,4-9H2,1-3H3,(H,19,23). The molecule has 2 amide bonds. The second-order valence-corrected chi connectivity index (χ2v) is 7.41. The van der Waals surface area contributed by atoms with Crippen molar-refractivity contribution in [1.29, 1.82) is 0 Å². The average molecular weight is 345 g/mol. The molecule has 6 heteroatoms. The smallest absolute Gasteiger partial charge is 0.261 e. The van der Waals surface area contributed by atoms with Crippen LogP contribution in [0.2, 0.25) is 0 Å². The summed E-state index contributed by atoms with van der Waals surface area (Å²) in [6.07, 6.45) is 2.54. The Morgan fingerprint density at radius 3 is 2.67 bits per heavy atom. The van der Waals surface area contributed by atoms with Gasteiger partial charge in [0.15, 0.2) is 0 Å². The fourth-order valence-electron chi connectivity index (χ4n) is 3.32. The number of hydrogen-bond acceptors (Lipinski definition) is 4. The van der Waals surface area contributed by atoms with Crippen LogP contribution in [0.5, 0.6) is 0 Å². The minimum absolute atomic E-state index is 0.109. The Kier molecular flexibility index (Phi) is 4.85. The van der Waals surface area contributed by atoms with Crippen LogP contribution in [-0.4, -0.2) is 41.3 Å². The molecule has 1 aliphatic heterocycles. The molecule has 3 rings (SSSR count). The normalized spacial score (nSPS) is 14.4. The summed E-state index contributed by atoms with van der Waals surface area (Å²) in [5.41, 5.74) is 3.09. The number of pyridine rings is 1. The Morgan fingerprint density at radius 1 is 1.25 bits per heavy atom. The Labute approximate surface area is 146 Å². The van der Waals surface area contributed by atoms with E-state index >= 15 is 0 Å². The quantitative estimate of drug-likeness (QED) is 0.927. The van der Waals surface area contributed by atoms with Crippen molar-refractivity contribution in [3.05, 3.63) is 27.8 Å². The van der Waals surface area contributed by atoms with Crippen molar-refractivity contribution >= 4 is 33.4 Å².